The molecule has 2 aromatic carbocycles. The molecule has 0 radical (unpaired) electrons. The van der Waals surface area contributed by atoms with Gasteiger partial charge < -0.3 is 9.15 Å². The fourth-order valence-corrected chi connectivity index (χ4v) is 4.43. The Labute approximate surface area is 197 Å². The third-order valence-corrected chi connectivity index (χ3v) is 6.15. The first kappa shape index (κ1) is 21.8. The molecule has 9 heteroatoms. The van der Waals surface area contributed by atoms with E-state index >= 15 is 0 Å². The third-order valence-electron chi connectivity index (χ3n) is 4.38. The van der Waals surface area contributed by atoms with Crippen LogP contribution in [-0.4, -0.2) is 29.2 Å². The zero-order chi connectivity index (χ0) is 22.0. The van der Waals surface area contributed by atoms with Crippen molar-refractivity contribution in [2.24, 2.45) is 0 Å². The van der Waals surface area contributed by atoms with E-state index in [1.54, 1.807) is 54.6 Å². The Hall–Kier alpha value is -2.38. The average Bonchev–Trinajstić information content (AvgIpc) is 3.29. The van der Waals surface area contributed by atoms with Gasteiger partial charge in [0.2, 0.25) is 0 Å². The number of para-hydroxylation sites is 1. The maximum absolute atomic E-state index is 12.7. The number of thioether (sulfide) groups is 1. The highest BCUT2D eigenvalue weighted by Gasteiger charge is 2.35. The van der Waals surface area contributed by atoms with Gasteiger partial charge >= 0.3 is 0 Å². The molecule has 0 atom stereocenters. The molecule has 2 amide bonds. The van der Waals surface area contributed by atoms with Gasteiger partial charge in [-0.25, -0.2) is 0 Å². The van der Waals surface area contributed by atoms with Crippen molar-refractivity contribution in [3.63, 3.8) is 0 Å². The van der Waals surface area contributed by atoms with Gasteiger partial charge in [0, 0.05) is 16.7 Å². The molecule has 0 unspecified atom stereocenters. The summed E-state index contributed by atoms with van der Waals surface area (Å²) in [4.78, 5) is 26.3. The average molecular weight is 495 g/mol. The highest BCUT2D eigenvalue weighted by Crippen LogP contribution is 2.35. The van der Waals surface area contributed by atoms with Gasteiger partial charge in [-0.05, 0) is 54.2 Å². The van der Waals surface area contributed by atoms with Crippen molar-refractivity contribution in [2.45, 2.75) is 0 Å². The minimum absolute atomic E-state index is 0.108. The number of hydrogen-bond acceptors (Lipinski definition) is 5. The van der Waals surface area contributed by atoms with Crippen molar-refractivity contribution in [2.75, 3.05) is 13.2 Å². The normalized spacial score (nSPS) is 15.2. The van der Waals surface area contributed by atoms with E-state index in [2.05, 4.69) is 0 Å². The third kappa shape index (κ3) is 4.93. The summed E-state index contributed by atoms with van der Waals surface area (Å²) in [5.74, 6) is 1.05. The van der Waals surface area contributed by atoms with E-state index in [1.165, 1.54) is 6.08 Å². The van der Waals surface area contributed by atoms with Crippen LogP contribution >= 0.6 is 46.6 Å². The summed E-state index contributed by atoms with van der Waals surface area (Å²) in [6, 6.07) is 15.5. The summed E-state index contributed by atoms with van der Waals surface area (Å²) in [7, 11) is 0. The number of rotatable bonds is 6. The molecular formula is C22H14Cl3NO4S. The molecule has 4 rings (SSSR count). The zero-order valence-electron chi connectivity index (χ0n) is 15.8. The standard InChI is InChI=1S/C22H14Cl3NO4S/c23-13-5-7-15(17(25)11-13)18-8-6-14(30-18)12-20-21(27)26(22(28)31-20)9-10-29-19-4-2-1-3-16(19)24/h1-8,11-12H,9-10H2/b20-12-. The first-order chi connectivity index (χ1) is 14.9. The van der Waals surface area contributed by atoms with Crippen LogP contribution in [0, 0.1) is 0 Å². The van der Waals surface area contributed by atoms with E-state index in [0.717, 1.165) is 16.7 Å². The number of furan rings is 1. The highest BCUT2D eigenvalue weighted by atomic mass is 35.5. The lowest BCUT2D eigenvalue weighted by Crippen LogP contribution is -2.32. The molecule has 1 saturated heterocycles. The fourth-order valence-electron chi connectivity index (χ4n) is 2.90. The number of nitrogens with zero attached hydrogens (tertiary/aromatic N) is 1. The van der Waals surface area contributed by atoms with Crippen LogP contribution in [0.15, 0.2) is 63.9 Å². The Kier molecular flexibility index (Phi) is 6.62. The molecule has 0 spiro atoms. The molecule has 1 aliphatic heterocycles. The van der Waals surface area contributed by atoms with Gasteiger partial charge in [-0.3, -0.25) is 14.5 Å². The summed E-state index contributed by atoms with van der Waals surface area (Å²) in [6.07, 6.45) is 1.53. The van der Waals surface area contributed by atoms with Crippen molar-refractivity contribution in [3.05, 3.63) is 80.3 Å². The molecule has 158 valence electrons. The minimum atomic E-state index is -0.403. The van der Waals surface area contributed by atoms with Crippen molar-refractivity contribution in [1.29, 1.82) is 0 Å². The number of benzene rings is 2. The van der Waals surface area contributed by atoms with Crippen LogP contribution in [0.3, 0.4) is 0 Å². The van der Waals surface area contributed by atoms with Crippen LogP contribution in [0.5, 0.6) is 5.75 Å². The number of amides is 2. The van der Waals surface area contributed by atoms with Gasteiger partial charge in [-0.2, -0.15) is 0 Å². The zero-order valence-corrected chi connectivity index (χ0v) is 18.9. The first-order valence-corrected chi connectivity index (χ1v) is 11.1. The quantitative estimate of drug-likeness (QED) is 0.345. The molecule has 1 aromatic heterocycles. The van der Waals surface area contributed by atoms with Crippen molar-refractivity contribution >= 4 is 63.8 Å². The van der Waals surface area contributed by atoms with Crippen LogP contribution in [0.25, 0.3) is 17.4 Å². The predicted octanol–water partition coefficient (Wildman–Crippen LogP) is 7.02. The van der Waals surface area contributed by atoms with Crippen LogP contribution in [0.1, 0.15) is 5.76 Å². The Balaban J connectivity index is 1.44. The Morgan fingerprint density at radius 3 is 2.58 bits per heavy atom. The van der Waals surface area contributed by atoms with Gasteiger partial charge in [-0.15, -0.1) is 0 Å². The smallest absolute Gasteiger partial charge is 0.293 e. The Bertz CT molecular complexity index is 1190. The summed E-state index contributed by atoms with van der Waals surface area (Å²) < 4.78 is 11.4. The van der Waals surface area contributed by atoms with Crippen molar-refractivity contribution < 1.29 is 18.7 Å². The topological polar surface area (TPSA) is 59.8 Å². The lowest BCUT2D eigenvalue weighted by Gasteiger charge is -2.13. The number of halogens is 3. The van der Waals surface area contributed by atoms with Gasteiger partial charge in [0.15, 0.2) is 0 Å². The van der Waals surface area contributed by atoms with E-state index in [0.29, 0.717) is 37.9 Å². The second-order valence-corrected chi connectivity index (χ2v) is 8.68. The fraction of sp³-hybridized carbons (Fsp3) is 0.0909. The van der Waals surface area contributed by atoms with Crippen LogP contribution in [-0.2, 0) is 4.79 Å². The molecule has 0 aliphatic carbocycles. The van der Waals surface area contributed by atoms with Gasteiger partial charge in [-0.1, -0.05) is 46.9 Å². The van der Waals surface area contributed by atoms with E-state index in [4.69, 9.17) is 44.0 Å². The SMILES string of the molecule is O=C1S/C(=C\c2ccc(-c3ccc(Cl)cc3Cl)o2)C(=O)N1CCOc1ccccc1Cl. The van der Waals surface area contributed by atoms with E-state index in [9.17, 15) is 9.59 Å². The number of ether oxygens (including phenoxy) is 1. The maximum Gasteiger partial charge on any atom is 0.293 e. The van der Waals surface area contributed by atoms with Gasteiger partial charge in [0.05, 0.1) is 21.5 Å². The van der Waals surface area contributed by atoms with Gasteiger partial charge in [0.25, 0.3) is 11.1 Å². The molecular weight excluding hydrogens is 481 g/mol. The van der Waals surface area contributed by atoms with E-state index in [1.807, 2.05) is 0 Å². The molecule has 0 saturated carbocycles. The molecule has 3 aromatic rings. The van der Waals surface area contributed by atoms with Crippen LogP contribution in [0.2, 0.25) is 15.1 Å². The molecule has 2 heterocycles. The Morgan fingerprint density at radius 2 is 1.81 bits per heavy atom. The highest BCUT2D eigenvalue weighted by molar-refractivity contribution is 8.18. The van der Waals surface area contributed by atoms with Crippen molar-refractivity contribution in [1.82, 2.24) is 4.90 Å². The summed E-state index contributed by atoms with van der Waals surface area (Å²) >= 11 is 19.0. The number of carbonyl (C=O) groups is 2. The molecule has 0 N–H and O–H groups in total. The monoisotopic (exact) mass is 493 g/mol. The summed E-state index contributed by atoms with van der Waals surface area (Å²) in [5.41, 5.74) is 0.676. The first-order valence-electron chi connectivity index (χ1n) is 9.10. The second-order valence-electron chi connectivity index (χ2n) is 6.44. The van der Waals surface area contributed by atoms with Gasteiger partial charge in [0.1, 0.15) is 23.9 Å². The second kappa shape index (κ2) is 9.40. The number of carbonyl (C=O) groups excluding carboxylic acids is 2. The minimum Gasteiger partial charge on any atom is -0.490 e. The molecule has 0 bridgehead atoms. The predicted molar refractivity (Wildman–Crippen MR) is 124 cm³/mol. The summed E-state index contributed by atoms with van der Waals surface area (Å²) in [5, 5.41) is 1.07. The molecule has 31 heavy (non-hydrogen) atoms. The molecule has 5 nitrogen and oxygen atoms in total. The number of imide groups is 1. The molecule has 1 aliphatic rings. The van der Waals surface area contributed by atoms with E-state index < -0.39 is 5.91 Å². The lowest BCUT2D eigenvalue weighted by molar-refractivity contribution is -0.123. The Morgan fingerprint density at radius 1 is 1.00 bits per heavy atom. The summed E-state index contributed by atoms with van der Waals surface area (Å²) in [6.45, 7) is 0.242. The van der Waals surface area contributed by atoms with Crippen LogP contribution in [0.4, 0.5) is 4.79 Å². The lowest BCUT2D eigenvalue weighted by atomic mass is 10.2. The maximum atomic E-state index is 12.7. The number of hydrogen-bond donors (Lipinski definition) is 0. The van der Waals surface area contributed by atoms with E-state index in [-0.39, 0.29) is 23.3 Å². The van der Waals surface area contributed by atoms with Crippen molar-refractivity contribution in [3.8, 4) is 17.1 Å². The van der Waals surface area contributed by atoms with Crippen LogP contribution < -0.4 is 4.74 Å². The largest absolute Gasteiger partial charge is 0.490 e. The molecule has 1 fully saturated rings.